The number of hydrogen-bond acceptors (Lipinski definition) is 4. The summed E-state index contributed by atoms with van der Waals surface area (Å²) >= 11 is 0. The van der Waals surface area contributed by atoms with Crippen molar-refractivity contribution in [3.63, 3.8) is 0 Å². The molecule has 1 fully saturated rings. The summed E-state index contributed by atoms with van der Waals surface area (Å²) in [5.41, 5.74) is 0. The second-order valence-electron chi connectivity index (χ2n) is 2.99. The van der Waals surface area contributed by atoms with E-state index in [1.807, 2.05) is 0 Å². The lowest BCUT2D eigenvalue weighted by Crippen LogP contribution is -2.55. The van der Waals surface area contributed by atoms with Crippen LogP contribution in [0.2, 0.25) is 0 Å². The van der Waals surface area contributed by atoms with Crippen LogP contribution in [0.25, 0.3) is 0 Å². The number of rotatable bonds is 1. The number of alkyl halides is 1. The summed E-state index contributed by atoms with van der Waals surface area (Å²) in [6, 6.07) is 0. The average Bonchev–Trinajstić information content (AvgIpc) is 2.08. The first-order valence-corrected chi connectivity index (χ1v) is 3.84. The third kappa shape index (κ3) is 1.59. The van der Waals surface area contributed by atoms with Crippen molar-refractivity contribution < 1.29 is 24.4 Å². The van der Waals surface area contributed by atoms with E-state index in [4.69, 9.17) is 20.1 Å². The summed E-state index contributed by atoms with van der Waals surface area (Å²) < 4.78 is 17.9. The summed E-state index contributed by atoms with van der Waals surface area (Å²) in [6.45, 7) is 1.03. The largest absolute Gasteiger partial charge is 0.394 e. The first-order valence-electron chi connectivity index (χ1n) is 3.84. The Balaban J connectivity index is 2.63. The van der Waals surface area contributed by atoms with Crippen molar-refractivity contribution in [3.05, 3.63) is 0 Å². The summed E-state index contributed by atoms with van der Waals surface area (Å²) in [4.78, 5) is 0. The lowest BCUT2D eigenvalue weighted by Gasteiger charge is -2.37. The van der Waals surface area contributed by atoms with Gasteiger partial charge in [-0.2, -0.15) is 0 Å². The molecule has 4 unspecified atom stereocenters. The SMILES string of the molecule is CC1OC(CO)C(F)C(O)[C@H]1O. The fourth-order valence-corrected chi connectivity index (χ4v) is 1.26. The van der Waals surface area contributed by atoms with E-state index in [0.29, 0.717) is 0 Å². The van der Waals surface area contributed by atoms with E-state index >= 15 is 0 Å². The zero-order chi connectivity index (χ0) is 9.30. The molecular weight excluding hydrogens is 167 g/mol. The molecule has 0 aliphatic carbocycles. The average molecular weight is 180 g/mol. The van der Waals surface area contributed by atoms with E-state index in [9.17, 15) is 4.39 Å². The molecule has 3 N–H and O–H groups in total. The zero-order valence-corrected chi connectivity index (χ0v) is 6.72. The molecule has 0 saturated carbocycles. The van der Waals surface area contributed by atoms with Gasteiger partial charge >= 0.3 is 0 Å². The van der Waals surface area contributed by atoms with Crippen molar-refractivity contribution >= 4 is 0 Å². The quantitative estimate of drug-likeness (QED) is 0.475. The molecule has 1 heterocycles. The summed E-state index contributed by atoms with van der Waals surface area (Å²) in [5.74, 6) is 0. The molecule has 5 atom stereocenters. The number of hydrogen-bond donors (Lipinski definition) is 3. The summed E-state index contributed by atoms with van der Waals surface area (Å²) in [7, 11) is 0. The number of aliphatic hydroxyl groups is 3. The molecular formula is C7H13FO4. The number of halogens is 1. The van der Waals surface area contributed by atoms with Crippen LogP contribution in [-0.4, -0.2) is 52.5 Å². The number of ether oxygens (including phenoxy) is 1. The first-order chi connectivity index (χ1) is 5.57. The standard InChI is InChI=1S/C7H13FO4/c1-3-6(10)7(11)5(8)4(2-9)12-3/h3-7,9-11H,2H2,1H3/t3?,4?,5?,6-,7?/m0/s1. The molecule has 0 spiro atoms. The highest BCUT2D eigenvalue weighted by Crippen LogP contribution is 2.22. The highest BCUT2D eigenvalue weighted by atomic mass is 19.1. The van der Waals surface area contributed by atoms with Crippen LogP contribution in [0, 0.1) is 0 Å². The Morgan fingerprint density at radius 2 is 1.92 bits per heavy atom. The van der Waals surface area contributed by atoms with Gasteiger partial charge in [0, 0.05) is 0 Å². The predicted octanol–water partition coefficient (Wildman–Crippen LogP) is -1.17. The first kappa shape index (κ1) is 9.85. The van der Waals surface area contributed by atoms with Crippen LogP contribution in [0.15, 0.2) is 0 Å². The third-order valence-corrected chi connectivity index (χ3v) is 2.08. The van der Waals surface area contributed by atoms with Gasteiger partial charge in [0.25, 0.3) is 0 Å². The Morgan fingerprint density at radius 3 is 2.42 bits per heavy atom. The van der Waals surface area contributed by atoms with Gasteiger partial charge in [0.05, 0.1) is 12.7 Å². The Bertz CT molecular complexity index is 150. The minimum absolute atomic E-state index is 0.491. The van der Waals surface area contributed by atoms with Crippen LogP contribution in [0.5, 0.6) is 0 Å². The smallest absolute Gasteiger partial charge is 0.157 e. The van der Waals surface area contributed by atoms with Gasteiger partial charge in [-0.25, -0.2) is 4.39 Å². The second-order valence-corrected chi connectivity index (χ2v) is 2.99. The van der Waals surface area contributed by atoms with Crippen molar-refractivity contribution in [2.45, 2.75) is 37.5 Å². The normalized spacial score (nSPS) is 49.2. The van der Waals surface area contributed by atoms with E-state index in [1.165, 1.54) is 6.92 Å². The Labute approximate surface area is 69.6 Å². The van der Waals surface area contributed by atoms with Crippen molar-refractivity contribution in [3.8, 4) is 0 Å². The lowest BCUT2D eigenvalue weighted by molar-refractivity contribution is -0.205. The topological polar surface area (TPSA) is 69.9 Å². The van der Waals surface area contributed by atoms with E-state index in [0.717, 1.165) is 0 Å². The van der Waals surface area contributed by atoms with Crippen molar-refractivity contribution in [2.75, 3.05) is 6.61 Å². The molecule has 0 radical (unpaired) electrons. The van der Waals surface area contributed by atoms with Crippen LogP contribution in [0.4, 0.5) is 4.39 Å². The molecule has 12 heavy (non-hydrogen) atoms. The zero-order valence-electron chi connectivity index (χ0n) is 6.72. The Kier molecular flexibility index (Phi) is 3.00. The monoisotopic (exact) mass is 180 g/mol. The van der Waals surface area contributed by atoms with Gasteiger partial charge in [0.15, 0.2) is 6.17 Å². The second kappa shape index (κ2) is 3.66. The maximum absolute atomic E-state index is 13.0. The van der Waals surface area contributed by atoms with Gasteiger partial charge in [0.1, 0.15) is 18.3 Å². The van der Waals surface area contributed by atoms with Crippen molar-refractivity contribution in [1.82, 2.24) is 0 Å². The molecule has 72 valence electrons. The van der Waals surface area contributed by atoms with Gasteiger partial charge in [-0.3, -0.25) is 0 Å². The molecule has 5 heteroatoms. The fourth-order valence-electron chi connectivity index (χ4n) is 1.26. The predicted molar refractivity (Wildman–Crippen MR) is 38.3 cm³/mol. The molecule has 0 aromatic heterocycles. The summed E-state index contributed by atoms with van der Waals surface area (Å²) in [5, 5.41) is 26.9. The Morgan fingerprint density at radius 1 is 1.33 bits per heavy atom. The maximum atomic E-state index is 13.0. The van der Waals surface area contributed by atoms with Crippen molar-refractivity contribution in [1.29, 1.82) is 0 Å². The van der Waals surface area contributed by atoms with Crippen LogP contribution in [-0.2, 0) is 4.74 Å². The molecule has 0 aromatic carbocycles. The lowest BCUT2D eigenvalue weighted by atomic mass is 9.97. The minimum Gasteiger partial charge on any atom is -0.394 e. The van der Waals surface area contributed by atoms with Gasteiger partial charge in [0.2, 0.25) is 0 Å². The molecule has 1 rings (SSSR count). The van der Waals surface area contributed by atoms with Gasteiger partial charge in [-0.15, -0.1) is 0 Å². The molecule has 1 saturated heterocycles. The van der Waals surface area contributed by atoms with Crippen LogP contribution < -0.4 is 0 Å². The van der Waals surface area contributed by atoms with E-state index in [1.54, 1.807) is 0 Å². The van der Waals surface area contributed by atoms with Gasteiger partial charge in [-0.1, -0.05) is 0 Å². The van der Waals surface area contributed by atoms with E-state index in [2.05, 4.69) is 0 Å². The fraction of sp³-hybridized carbons (Fsp3) is 1.00. The Hall–Kier alpha value is -0.230. The summed E-state index contributed by atoms with van der Waals surface area (Å²) in [6.07, 6.45) is -6.09. The van der Waals surface area contributed by atoms with Crippen molar-refractivity contribution in [2.24, 2.45) is 0 Å². The molecule has 0 amide bonds. The van der Waals surface area contributed by atoms with Crippen LogP contribution in [0.1, 0.15) is 6.92 Å². The molecule has 4 nitrogen and oxygen atoms in total. The number of aliphatic hydroxyl groups excluding tert-OH is 3. The molecule has 1 aliphatic rings. The van der Waals surface area contributed by atoms with E-state index < -0.39 is 37.2 Å². The molecule has 0 aromatic rings. The minimum atomic E-state index is -1.72. The molecule has 1 aliphatic heterocycles. The van der Waals surface area contributed by atoms with Gasteiger partial charge in [-0.05, 0) is 6.92 Å². The van der Waals surface area contributed by atoms with E-state index in [-0.39, 0.29) is 0 Å². The highest BCUT2D eigenvalue weighted by molar-refractivity contribution is 4.90. The molecule has 0 bridgehead atoms. The van der Waals surface area contributed by atoms with Gasteiger partial charge < -0.3 is 20.1 Å². The highest BCUT2D eigenvalue weighted by Gasteiger charge is 2.42. The maximum Gasteiger partial charge on any atom is 0.157 e. The van der Waals surface area contributed by atoms with Crippen LogP contribution >= 0.6 is 0 Å². The third-order valence-electron chi connectivity index (χ3n) is 2.08. The van der Waals surface area contributed by atoms with Crippen LogP contribution in [0.3, 0.4) is 0 Å².